The maximum absolute atomic E-state index is 10.8. The smallest absolute Gasteiger partial charge is 0.306 e. The van der Waals surface area contributed by atoms with Crippen molar-refractivity contribution < 1.29 is 23.3 Å². The fraction of sp³-hybridized carbons (Fsp3) is 0.875. The molecule has 0 aromatic carbocycles. The second-order valence-corrected chi connectivity index (χ2v) is 4.21. The van der Waals surface area contributed by atoms with Gasteiger partial charge in [0.15, 0.2) is 16.8 Å². The Morgan fingerprint density at radius 1 is 1.36 bits per heavy atom. The van der Waals surface area contributed by atoms with E-state index in [1.807, 2.05) is 0 Å². The molecule has 0 bridgehead atoms. The molecule has 1 rings (SSSR count). The van der Waals surface area contributed by atoms with Crippen LogP contribution in [0.15, 0.2) is 0 Å². The molecular formula is C8H14O5S. The molecule has 1 aliphatic carbocycles. The van der Waals surface area contributed by atoms with Crippen molar-refractivity contribution >= 4 is 17.0 Å². The first-order chi connectivity index (χ1) is 6.68. The summed E-state index contributed by atoms with van der Waals surface area (Å²) in [6, 6.07) is 0. The van der Waals surface area contributed by atoms with Crippen molar-refractivity contribution in [3.05, 3.63) is 0 Å². The number of hydrogen-bond acceptors (Lipinski definition) is 4. The Kier molecular flexibility index (Phi) is 5.06. The van der Waals surface area contributed by atoms with Gasteiger partial charge in [-0.1, -0.05) is 19.3 Å². The van der Waals surface area contributed by atoms with Gasteiger partial charge in [0.25, 0.3) is 0 Å². The van der Waals surface area contributed by atoms with Gasteiger partial charge in [0.2, 0.25) is 0 Å². The summed E-state index contributed by atoms with van der Waals surface area (Å²) in [7, 11) is 0. The molecule has 0 heterocycles. The molecule has 1 N–H and O–H groups in total. The number of carbonyl (C=O) groups excluding carboxylic acids is 1. The van der Waals surface area contributed by atoms with Gasteiger partial charge in [-0.15, -0.1) is 0 Å². The van der Waals surface area contributed by atoms with E-state index in [-0.39, 0.29) is 6.10 Å². The van der Waals surface area contributed by atoms with Gasteiger partial charge in [0.05, 0.1) is 0 Å². The molecule has 0 aromatic heterocycles. The third kappa shape index (κ3) is 4.69. The van der Waals surface area contributed by atoms with Gasteiger partial charge >= 0.3 is 5.97 Å². The zero-order valence-corrected chi connectivity index (χ0v) is 8.62. The van der Waals surface area contributed by atoms with Gasteiger partial charge in [0, 0.05) is 0 Å². The molecule has 1 fully saturated rings. The third-order valence-corrected chi connectivity index (χ3v) is 2.55. The highest BCUT2D eigenvalue weighted by molar-refractivity contribution is 7.80. The molecule has 5 nitrogen and oxygen atoms in total. The molecule has 1 atom stereocenters. The number of hydrogen-bond donors (Lipinski definition) is 1. The Morgan fingerprint density at radius 2 is 2.00 bits per heavy atom. The number of rotatable bonds is 4. The molecule has 0 aromatic rings. The van der Waals surface area contributed by atoms with E-state index in [1.165, 1.54) is 6.42 Å². The summed E-state index contributed by atoms with van der Waals surface area (Å²) in [5.41, 5.74) is 0. The third-order valence-electron chi connectivity index (χ3n) is 2.07. The lowest BCUT2D eigenvalue weighted by atomic mass is 9.98. The van der Waals surface area contributed by atoms with E-state index in [0.717, 1.165) is 25.7 Å². The summed E-state index contributed by atoms with van der Waals surface area (Å²) in [6.07, 6.45) is 5.07. The Labute approximate surface area is 85.0 Å². The molecule has 6 heteroatoms. The van der Waals surface area contributed by atoms with Crippen molar-refractivity contribution in [1.82, 2.24) is 0 Å². The van der Waals surface area contributed by atoms with E-state index in [4.69, 9.17) is 9.44 Å². The van der Waals surface area contributed by atoms with Gasteiger partial charge in [-0.2, -0.15) is 4.89 Å². The van der Waals surface area contributed by atoms with Crippen LogP contribution in [0.1, 0.15) is 32.1 Å². The molecule has 1 saturated carbocycles. The van der Waals surface area contributed by atoms with Crippen molar-refractivity contribution in [3.8, 4) is 0 Å². The van der Waals surface area contributed by atoms with Crippen molar-refractivity contribution in [2.24, 2.45) is 0 Å². The summed E-state index contributed by atoms with van der Waals surface area (Å²) in [4.78, 5) is 20.0. The minimum atomic E-state index is -2.16. The van der Waals surface area contributed by atoms with Crippen molar-refractivity contribution in [2.75, 3.05) is 5.75 Å². The van der Waals surface area contributed by atoms with E-state index in [2.05, 4.69) is 4.89 Å². The van der Waals surface area contributed by atoms with E-state index < -0.39 is 22.8 Å². The van der Waals surface area contributed by atoms with Crippen LogP contribution in [0.25, 0.3) is 0 Å². The van der Waals surface area contributed by atoms with Crippen LogP contribution in [0, 0.1) is 0 Å². The molecular weight excluding hydrogens is 208 g/mol. The van der Waals surface area contributed by atoms with Crippen molar-refractivity contribution in [3.63, 3.8) is 0 Å². The molecule has 0 amide bonds. The lowest BCUT2D eigenvalue weighted by Crippen LogP contribution is -2.21. The first-order valence-corrected chi connectivity index (χ1v) is 5.89. The monoisotopic (exact) mass is 222 g/mol. The Bertz CT molecular complexity index is 212. The zero-order valence-electron chi connectivity index (χ0n) is 7.81. The Hall–Kier alpha value is -0.460. The average molecular weight is 222 g/mol. The fourth-order valence-corrected chi connectivity index (χ4v) is 1.66. The molecule has 1 aliphatic rings. The van der Waals surface area contributed by atoms with Crippen LogP contribution >= 0.6 is 0 Å². The Morgan fingerprint density at radius 3 is 2.57 bits per heavy atom. The van der Waals surface area contributed by atoms with Crippen LogP contribution in [0.3, 0.4) is 0 Å². The molecule has 82 valence electrons. The lowest BCUT2D eigenvalue weighted by Gasteiger charge is -2.19. The van der Waals surface area contributed by atoms with Gasteiger partial charge in [-0.25, -0.2) is 9.00 Å². The first-order valence-electron chi connectivity index (χ1n) is 4.62. The van der Waals surface area contributed by atoms with Gasteiger partial charge < -0.3 is 4.55 Å². The minimum Gasteiger partial charge on any atom is -0.306 e. The van der Waals surface area contributed by atoms with E-state index >= 15 is 0 Å². The second kappa shape index (κ2) is 6.10. The normalized spacial score (nSPS) is 20.4. The van der Waals surface area contributed by atoms with Crippen LogP contribution in [-0.4, -0.2) is 26.6 Å². The largest absolute Gasteiger partial charge is 0.357 e. The minimum absolute atomic E-state index is 0.0418. The maximum Gasteiger partial charge on any atom is 0.357 e. The van der Waals surface area contributed by atoms with Gasteiger partial charge in [-0.05, 0) is 12.8 Å². The molecule has 0 aliphatic heterocycles. The van der Waals surface area contributed by atoms with Crippen molar-refractivity contribution in [1.29, 1.82) is 0 Å². The van der Waals surface area contributed by atoms with E-state index in [1.54, 1.807) is 0 Å². The highest BCUT2D eigenvalue weighted by Gasteiger charge is 2.17. The first kappa shape index (κ1) is 11.6. The van der Waals surface area contributed by atoms with Crippen molar-refractivity contribution in [2.45, 2.75) is 38.2 Å². The highest BCUT2D eigenvalue weighted by Crippen LogP contribution is 2.20. The predicted molar refractivity (Wildman–Crippen MR) is 49.7 cm³/mol. The van der Waals surface area contributed by atoms with Crippen LogP contribution in [0.4, 0.5) is 0 Å². The van der Waals surface area contributed by atoms with Crippen LogP contribution in [-0.2, 0) is 25.7 Å². The highest BCUT2D eigenvalue weighted by atomic mass is 32.2. The summed E-state index contributed by atoms with van der Waals surface area (Å²) >= 11 is -2.16. The Balaban J connectivity index is 2.12. The summed E-state index contributed by atoms with van der Waals surface area (Å²) in [5.74, 6) is -1.33. The fourth-order valence-electron chi connectivity index (χ4n) is 1.41. The van der Waals surface area contributed by atoms with E-state index in [9.17, 15) is 9.00 Å². The standard InChI is InChI=1S/C8H14O5S/c9-8(6-14(10)11)13-12-7-4-2-1-3-5-7/h7H,1-6H2,(H,10,11). The SMILES string of the molecule is O=C(CS(=O)O)OOC1CCCCC1. The topological polar surface area (TPSA) is 72.8 Å². The lowest BCUT2D eigenvalue weighted by molar-refractivity contribution is -0.299. The quantitative estimate of drug-likeness (QED) is 0.436. The average Bonchev–Trinajstić information content (AvgIpc) is 2.15. The second-order valence-electron chi connectivity index (χ2n) is 3.28. The zero-order chi connectivity index (χ0) is 10.4. The maximum atomic E-state index is 10.8. The van der Waals surface area contributed by atoms with E-state index in [0.29, 0.717) is 0 Å². The molecule has 1 unspecified atom stereocenters. The molecule has 0 saturated heterocycles. The molecule has 0 spiro atoms. The summed E-state index contributed by atoms with van der Waals surface area (Å²) in [6.45, 7) is 0. The molecule has 14 heavy (non-hydrogen) atoms. The molecule has 0 radical (unpaired) electrons. The van der Waals surface area contributed by atoms with Crippen LogP contribution < -0.4 is 0 Å². The number of carbonyl (C=O) groups is 1. The van der Waals surface area contributed by atoms with Crippen LogP contribution in [0.5, 0.6) is 0 Å². The van der Waals surface area contributed by atoms with Gasteiger partial charge in [0.1, 0.15) is 6.10 Å². The summed E-state index contributed by atoms with van der Waals surface area (Å²) < 4.78 is 18.6. The van der Waals surface area contributed by atoms with Crippen LogP contribution in [0.2, 0.25) is 0 Å². The van der Waals surface area contributed by atoms with Gasteiger partial charge in [-0.3, -0.25) is 4.89 Å². The predicted octanol–water partition coefficient (Wildman–Crippen LogP) is 1.02. The summed E-state index contributed by atoms with van der Waals surface area (Å²) in [5, 5.41) is 0.